The van der Waals surface area contributed by atoms with E-state index >= 15 is 0 Å². The van der Waals surface area contributed by atoms with Gasteiger partial charge in [0.05, 0.1) is 16.5 Å². The number of carboxylic acid groups (broad SMARTS) is 1. The van der Waals surface area contributed by atoms with Gasteiger partial charge in [0.2, 0.25) is 0 Å². The number of aromatic nitrogens is 1. The van der Waals surface area contributed by atoms with Crippen molar-refractivity contribution in [3.8, 4) is 0 Å². The lowest BCUT2D eigenvalue weighted by atomic mass is 9.88. The summed E-state index contributed by atoms with van der Waals surface area (Å²) < 4.78 is 5.64. The van der Waals surface area contributed by atoms with E-state index in [1.165, 1.54) is 42.4 Å². The predicted molar refractivity (Wildman–Crippen MR) is 125 cm³/mol. The van der Waals surface area contributed by atoms with E-state index in [-0.39, 0.29) is 18.1 Å². The third kappa shape index (κ3) is 6.58. The van der Waals surface area contributed by atoms with E-state index in [0.717, 1.165) is 49.3 Å². The molecule has 3 rings (SSSR count). The third-order valence-electron chi connectivity index (χ3n) is 6.21. The van der Waals surface area contributed by atoms with Gasteiger partial charge in [-0.05, 0) is 59.3 Å². The molecule has 7 nitrogen and oxygen atoms in total. The first kappa shape index (κ1) is 24.3. The van der Waals surface area contributed by atoms with Gasteiger partial charge in [0.1, 0.15) is 4.75 Å². The Morgan fingerprint density at radius 3 is 2.45 bits per heavy atom. The number of carboxylic acids is 1. The fraction of sp³-hybridized carbons (Fsp3) is 0.773. The monoisotopic (exact) mass is 469 g/mol. The molecule has 2 amide bonds. The van der Waals surface area contributed by atoms with Crippen molar-refractivity contribution in [2.24, 2.45) is 0 Å². The quantitative estimate of drug-likeness (QED) is 0.481. The van der Waals surface area contributed by atoms with Crippen LogP contribution < -0.4 is 5.32 Å². The van der Waals surface area contributed by atoms with E-state index in [9.17, 15) is 14.7 Å². The van der Waals surface area contributed by atoms with Crippen LogP contribution in [0.4, 0.5) is 9.93 Å². The summed E-state index contributed by atoms with van der Waals surface area (Å²) in [5.41, 5.74) is 0. The van der Waals surface area contributed by atoms with Crippen LogP contribution in [-0.2, 0) is 9.53 Å². The standard InChI is InChI=1S/C22H35N3O4S2/c1-4-29-17-12-10-16(11-13-17)25(15-8-6-5-7-9-15)21(28)24-20-23-14-18(30-20)31-22(2,3)19(26)27/h14-17H,4-13H2,1-3H3,(H,26,27)(H,23,24,28). The minimum absolute atomic E-state index is 0.0739. The lowest BCUT2D eigenvalue weighted by molar-refractivity contribution is -0.138. The Morgan fingerprint density at radius 1 is 1.19 bits per heavy atom. The van der Waals surface area contributed by atoms with Crippen molar-refractivity contribution in [1.82, 2.24) is 9.88 Å². The second-order valence-electron chi connectivity index (χ2n) is 8.92. The zero-order chi connectivity index (χ0) is 22.4. The highest BCUT2D eigenvalue weighted by atomic mass is 32.2. The van der Waals surface area contributed by atoms with Crippen molar-refractivity contribution in [3.63, 3.8) is 0 Å². The van der Waals surface area contributed by atoms with Crippen molar-refractivity contribution in [2.45, 2.75) is 106 Å². The Morgan fingerprint density at radius 2 is 1.84 bits per heavy atom. The molecule has 0 bridgehead atoms. The minimum atomic E-state index is -0.943. The number of aliphatic carboxylic acids is 1. The van der Waals surface area contributed by atoms with Crippen molar-refractivity contribution in [3.05, 3.63) is 6.20 Å². The number of hydrogen-bond donors (Lipinski definition) is 2. The van der Waals surface area contributed by atoms with Crippen LogP contribution in [0.2, 0.25) is 0 Å². The molecule has 1 aromatic rings. The number of anilines is 1. The zero-order valence-electron chi connectivity index (χ0n) is 18.8. The number of amides is 2. The van der Waals surface area contributed by atoms with Gasteiger partial charge >= 0.3 is 12.0 Å². The van der Waals surface area contributed by atoms with Crippen LogP contribution >= 0.6 is 23.1 Å². The lowest BCUT2D eigenvalue weighted by Crippen LogP contribution is -2.51. The molecule has 174 valence electrons. The van der Waals surface area contributed by atoms with Crippen molar-refractivity contribution < 1.29 is 19.4 Å². The van der Waals surface area contributed by atoms with Crippen LogP contribution in [0.3, 0.4) is 0 Å². The van der Waals surface area contributed by atoms with Crippen LogP contribution in [0, 0.1) is 0 Å². The first-order valence-corrected chi connectivity index (χ1v) is 13.0. The summed E-state index contributed by atoms with van der Waals surface area (Å²) in [6, 6.07) is 0.442. The third-order valence-corrected chi connectivity index (χ3v) is 8.41. The molecule has 2 N–H and O–H groups in total. The van der Waals surface area contributed by atoms with E-state index < -0.39 is 10.7 Å². The van der Waals surface area contributed by atoms with Crippen LogP contribution in [0.15, 0.2) is 10.4 Å². The van der Waals surface area contributed by atoms with E-state index in [1.54, 1.807) is 20.0 Å². The van der Waals surface area contributed by atoms with Gasteiger partial charge in [-0.15, -0.1) is 0 Å². The number of ether oxygens (including phenoxy) is 1. The lowest BCUT2D eigenvalue weighted by Gasteiger charge is -2.42. The molecule has 31 heavy (non-hydrogen) atoms. The largest absolute Gasteiger partial charge is 0.480 e. The summed E-state index contributed by atoms with van der Waals surface area (Å²) in [4.78, 5) is 31.2. The Hall–Kier alpha value is -1.32. The Kier molecular flexibility index (Phi) is 8.64. The number of nitrogens with zero attached hydrogens (tertiary/aromatic N) is 2. The maximum atomic E-state index is 13.4. The highest BCUT2D eigenvalue weighted by Gasteiger charge is 2.35. The molecular weight excluding hydrogens is 434 g/mol. The second kappa shape index (κ2) is 11.0. The molecule has 2 fully saturated rings. The van der Waals surface area contributed by atoms with E-state index in [2.05, 4.69) is 15.2 Å². The Balaban J connectivity index is 1.67. The van der Waals surface area contributed by atoms with Crippen LogP contribution in [-0.4, -0.2) is 56.5 Å². The highest BCUT2D eigenvalue weighted by Crippen LogP contribution is 2.38. The summed E-state index contributed by atoms with van der Waals surface area (Å²) in [5.74, 6) is -0.873. The van der Waals surface area contributed by atoms with Gasteiger partial charge < -0.3 is 14.7 Å². The maximum Gasteiger partial charge on any atom is 0.324 e. The topological polar surface area (TPSA) is 91.8 Å². The summed E-state index contributed by atoms with van der Waals surface area (Å²) in [7, 11) is 0. The first-order valence-electron chi connectivity index (χ1n) is 11.4. The second-order valence-corrected chi connectivity index (χ2v) is 11.9. The Labute approximate surface area is 193 Å². The minimum Gasteiger partial charge on any atom is -0.480 e. The fourth-order valence-electron chi connectivity index (χ4n) is 4.53. The number of nitrogens with one attached hydrogen (secondary N) is 1. The van der Waals surface area contributed by atoms with Crippen molar-refractivity contribution in [1.29, 1.82) is 0 Å². The molecule has 2 aliphatic carbocycles. The van der Waals surface area contributed by atoms with Gasteiger partial charge in [-0.3, -0.25) is 10.1 Å². The summed E-state index contributed by atoms with van der Waals surface area (Å²) in [6.07, 6.45) is 11.6. The smallest absolute Gasteiger partial charge is 0.324 e. The molecule has 0 aliphatic heterocycles. The van der Waals surface area contributed by atoms with E-state index in [1.807, 2.05) is 6.92 Å². The molecule has 0 atom stereocenters. The van der Waals surface area contributed by atoms with E-state index in [0.29, 0.717) is 11.2 Å². The average molecular weight is 470 g/mol. The first-order chi connectivity index (χ1) is 14.8. The average Bonchev–Trinajstić information content (AvgIpc) is 3.16. The summed E-state index contributed by atoms with van der Waals surface area (Å²) in [6.45, 7) is 6.11. The van der Waals surface area contributed by atoms with Gasteiger partial charge in [-0.2, -0.15) is 0 Å². The molecule has 0 unspecified atom stereocenters. The molecule has 1 aromatic heterocycles. The number of carbonyl (C=O) groups excluding carboxylic acids is 1. The molecular formula is C22H35N3O4S2. The van der Waals surface area contributed by atoms with Crippen molar-refractivity contribution in [2.75, 3.05) is 11.9 Å². The maximum absolute atomic E-state index is 13.4. The number of hydrogen-bond acceptors (Lipinski definition) is 6. The fourth-order valence-corrected chi connectivity index (χ4v) is 6.79. The van der Waals surface area contributed by atoms with Gasteiger partial charge in [-0.1, -0.05) is 42.4 Å². The predicted octanol–water partition coefficient (Wildman–Crippen LogP) is 5.61. The normalized spacial score (nSPS) is 22.8. The molecule has 2 aliphatic rings. The SMILES string of the molecule is CCOC1CCC(N(C(=O)Nc2ncc(SC(C)(C)C(=O)O)s2)C2CCCCC2)CC1. The van der Waals surface area contributed by atoms with Crippen LogP contribution in [0.1, 0.15) is 78.6 Å². The molecule has 0 saturated heterocycles. The highest BCUT2D eigenvalue weighted by molar-refractivity contribution is 8.03. The molecule has 9 heteroatoms. The van der Waals surface area contributed by atoms with Gasteiger partial charge in [0.15, 0.2) is 5.13 Å². The summed E-state index contributed by atoms with van der Waals surface area (Å²) >= 11 is 2.58. The van der Waals surface area contributed by atoms with Gasteiger partial charge in [0.25, 0.3) is 0 Å². The van der Waals surface area contributed by atoms with Gasteiger partial charge in [0, 0.05) is 18.7 Å². The number of urea groups is 1. The Bertz CT molecular complexity index is 741. The number of rotatable bonds is 8. The van der Waals surface area contributed by atoms with Crippen LogP contribution in [0.25, 0.3) is 0 Å². The number of thioether (sulfide) groups is 1. The molecule has 2 saturated carbocycles. The molecule has 0 radical (unpaired) electrons. The van der Waals surface area contributed by atoms with Crippen molar-refractivity contribution >= 4 is 40.2 Å². The summed E-state index contributed by atoms with van der Waals surface area (Å²) in [5, 5.41) is 12.9. The van der Waals surface area contributed by atoms with Crippen LogP contribution in [0.5, 0.6) is 0 Å². The number of carbonyl (C=O) groups is 2. The molecule has 1 heterocycles. The zero-order valence-corrected chi connectivity index (χ0v) is 20.4. The molecule has 0 aromatic carbocycles. The van der Waals surface area contributed by atoms with Gasteiger partial charge in [-0.25, -0.2) is 9.78 Å². The molecule has 0 spiro atoms. The number of thiazole rings is 1. The van der Waals surface area contributed by atoms with E-state index in [4.69, 9.17) is 4.74 Å².